The van der Waals surface area contributed by atoms with Crippen LogP contribution >= 0.6 is 0 Å². The van der Waals surface area contributed by atoms with E-state index in [1.165, 1.54) is 43.5 Å². The fraction of sp³-hybridized carbons (Fsp3) is 0.120. The van der Waals surface area contributed by atoms with Crippen LogP contribution in [0.4, 0.5) is 19.1 Å². The monoisotopic (exact) mass is 467 g/mol. The van der Waals surface area contributed by atoms with Gasteiger partial charge in [0, 0.05) is 17.2 Å². The Hall–Kier alpha value is -4.27. The standard InChI is InChI=1S/C25H20F3N3O3/c1-33-17-9-7-16(8-10-17)21-22(30-24(29)31-23(21)25(26,27)28)19-12-11-18(13-20(19)32)34-14-15-5-3-2-4-6-15/h2-13,32H,14H2,1H3,(H2,29,30,31). The van der Waals surface area contributed by atoms with E-state index < -0.39 is 17.8 Å². The van der Waals surface area contributed by atoms with Crippen LogP contribution in [-0.4, -0.2) is 22.2 Å². The van der Waals surface area contributed by atoms with Gasteiger partial charge in [-0.05, 0) is 35.4 Å². The summed E-state index contributed by atoms with van der Waals surface area (Å²) in [5.74, 6) is -0.0675. The van der Waals surface area contributed by atoms with Gasteiger partial charge in [-0.15, -0.1) is 0 Å². The van der Waals surface area contributed by atoms with Crippen LogP contribution in [0.5, 0.6) is 17.2 Å². The van der Waals surface area contributed by atoms with Gasteiger partial charge in [0.05, 0.1) is 12.8 Å². The molecule has 1 aromatic heterocycles. The molecule has 0 aliphatic rings. The Kier molecular flexibility index (Phi) is 6.27. The lowest BCUT2D eigenvalue weighted by molar-refractivity contribution is -0.140. The fourth-order valence-corrected chi connectivity index (χ4v) is 3.45. The van der Waals surface area contributed by atoms with E-state index in [-0.39, 0.29) is 34.7 Å². The molecular weight excluding hydrogens is 447 g/mol. The van der Waals surface area contributed by atoms with Crippen LogP contribution in [0.2, 0.25) is 0 Å². The SMILES string of the molecule is COc1ccc(-c2c(-c3ccc(OCc4ccccc4)cc3O)nc(N)nc2C(F)(F)F)cc1. The summed E-state index contributed by atoms with van der Waals surface area (Å²) in [7, 11) is 1.45. The molecule has 0 aliphatic heterocycles. The molecule has 0 atom stereocenters. The second-order valence-corrected chi connectivity index (χ2v) is 7.33. The van der Waals surface area contributed by atoms with Crippen LogP contribution in [0.25, 0.3) is 22.4 Å². The number of phenolic OH excluding ortho intramolecular Hbond substituents is 1. The van der Waals surface area contributed by atoms with E-state index in [2.05, 4.69) is 9.97 Å². The smallest absolute Gasteiger partial charge is 0.434 e. The normalized spacial score (nSPS) is 11.3. The maximum absolute atomic E-state index is 13.9. The molecule has 6 nitrogen and oxygen atoms in total. The number of hydrogen-bond donors (Lipinski definition) is 2. The van der Waals surface area contributed by atoms with Gasteiger partial charge in [-0.1, -0.05) is 42.5 Å². The number of nitrogens with zero attached hydrogens (tertiary/aromatic N) is 2. The zero-order valence-electron chi connectivity index (χ0n) is 18.0. The van der Waals surface area contributed by atoms with Crippen LogP contribution in [0, 0.1) is 0 Å². The van der Waals surface area contributed by atoms with Crippen molar-refractivity contribution in [2.45, 2.75) is 12.8 Å². The highest BCUT2D eigenvalue weighted by Crippen LogP contribution is 2.44. The lowest BCUT2D eigenvalue weighted by Crippen LogP contribution is -2.14. The minimum absolute atomic E-state index is 0.0532. The van der Waals surface area contributed by atoms with Crippen molar-refractivity contribution < 1.29 is 27.8 Å². The first-order valence-corrected chi connectivity index (χ1v) is 10.2. The van der Waals surface area contributed by atoms with Gasteiger partial charge < -0.3 is 20.3 Å². The van der Waals surface area contributed by atoms with Gasteiger partial charge >= 0.3 is 6.18 Å². The average molecular weight is 467 g/mol. The average Bonchev–Trinajstić information content (AvgIpc) is 2.82. The van der Waals surface area contributed by atoms with E-state index in [0.29, 0.717) is 11.5 Å². The molecule has 3 N–H and O–H groups in total. The number of anilines is 1. The van der Waals surface area contributed by atoms with Crippen molar-refractivity contribution in [3.63, 3.8) is 0 Å². The maximum atomic E-state index is 13.9. The fourth-order valence-electron chi connectivity index (χ4n) is 3.45. The van der Waals surface area contributed by atoms with Gasteiger partial charge in [-0.3, -0.25) is 0 Å². The molecule has 0 bridgehead atoms. The highest BCUT2D eigenvalue weighted by Gasteiger charge is 2.38. The van der Waals surface area contributed by atoms with E-state index in [1.54, 1.807) is 6.07 Å². The molecule has 4 aromatic rings. The van der Waals surface area contributed by atoms with E-state index in [9.17, 15) is 18.3 Å². The predicted molar refractivity (Wildman–Crippen MR) is 121 cm³/mol. The van der Waals surface area contributed by atoms with E-state index in [4.69, 9.17) is 15.2 Å². The first kappa shape index (κ1) is 22.9. The number of aromatic nitrogens is 2. The molecule has 174 valence electrons. The van der Waals surface area contributed by atoms with Gasteiger partial charge in [-0.2, -0.15) is 13.2 Å². The molecule has 0 unspecified atom stereocenters. The first-order chi connectivity index (χ1) is 16.3. The second-order valence-electron chi connectivity index (χ2n) is 7.33. The van der Waals surface area contributed by atoms with E-state index in [0.717, 1.165) is 5.56 Å². The topological polar surface area (TPSA) is 90.5 Å². The third-order valence-corrected chi connectivity index (χ3v) is 5.05. The van der Waals surface area contributed by atoms with Gasteiger partial charge in [0.25, 0.3) is 0 Å². The quantitative estimate of drug-likeness (QED) is 0.378. The minimum Gasteiger partial charge on any atom is -0.507 e. The summed E-state index contributed by atoms with van der Waals surface area (Å²) in [6.45, 7) is 0.259. The number of benzene rings is 3. The van der Waals surface area contributed by atoms with Crippen molar-refractivity contribution in [2.24, 2.45) is 0 Å². The molecule has 0 spiro atoms. The molecule has 0 fully saturated rings. The Balaban J connectivity index is 1.79. The Morgan fingerprint density at radius 2 is 1.59 bits per heavy atom. The number of ether oxygens (including phenoxy) is 2. The predicted octanol–water partition coefficient (Wildman–Crippen LogP) is 5.70. The number of hydrogen-bond acceptors (Lipinski definition) is 6. The van der Waals surface area contributed by atoms with Crippen molar-refractivity contribution in [3.8, 4) is 39.6 Å². The number of nitrogen functional groups attached to an aromatic ring is 1. The summed E-state index contributed by atoms with van der Waals surface area (Å²) in [5, 5.41) is 10.7. The second kappa shape index (κ2) is 9.30. The van der Waals surface area contributed by atoms with Crippen molar-refractivity contribution in [1.82, 2.24) is 9.97 Å². The number of phenols is 1. The molecule has 0 aliphatic carbocycles. The highest BCUT2D eigenvalue weighted by atomic mass is 19.4. The largest absolute Gasteiger partial charge is 0.507 e. The van der Waals surface area contributed by atoms with Crippen molar-refractivity contribution in [3.05, 3.63) is 84.1 Å². The van der Waals surface area contributed by atoms with Gasteiger partial charge in [0.15, 0.2) is 5.69 Å². The summed E-state index contributed by atoms with van der Waals surface area (Å²) in [4.78, 5) is 7.52. The summed E-state index contributed by atoms with van der Waals surface area (Å²) in [6, 6.07) is 19.7. The van der Waals surface area contributed by atoms with Gasteiger partial charge in [-0.25, -0.2) is 9.97 Å². The van der Waals surface area contributed by atoms with Crippen LogP contribution in [0.3, 0.4) is 0 Å². The highest BCUT2D eigenvalue weighted by molar-refractivity contribution is 5.86. The van der Waals surface area contributed by atoms with Gasteiger partial charge in [0.1, 0.15) is 23.9 Å². The number of alkyl halides is 3. The number of aromatic hydroxyl groups is 1. The number of halogens is 3. The molecule has 0 radical (unpaired) electrons. The summed E-state index contributed by atoms with van der Waals surface area (Å²) in [6.07, 6.45) is -4.81. The third-order valence-electron chi connectivity index (χ3n) is 5.05. The molecule has 4 rings (SSSR count). The summed E-state index contributed by atoms with van der Waals surface area (Å²) in [5.41, 5.74) is 5.12. The van der Waals surface area contributed by atoms with Crippen LogP contribution in [0.15, 0.2) is 72.8 Å². The lowest BCUT2D eigenvalue weighted by Gasteiger charge is -2.18. The van der Waals surface area contributed by atoms with Gasteiger partial charge in [0.2, 0.25) is 5.95 Å². The van der Waals surface area contributed by atoms with Crippen molar-refractivity contribution in [2.75, 3.05) is 12.8 Å². The molecular formula is C25H20F3N3O3. The summed E-state index contributed by atoms with van der Waals surface area (Å²) < 4.78 is 52.6. The number of rotatable bonds is 6. The molecule has 0 saturated heterocycles. The molecule has 3 aromatic carbocycles. The zero-order chi connectivity index (χ0) is 24.3. The molecule has 0 amide bonds. The van der Waals surface area contributed by atoms with Crippen molar-refractivity contribution in [1.29, 1.82) is 0 Å². The Bertz CT molecular complexity index is 1290. The Labute approximate surface area is 193 Å². The van der Waals surface area contributed by atoms with Crippen molar-refractivity contribution >= 4 is 5.95 Å². The lowest BCUT2D eigenvalue weighted by atomic mass is 9.96. The molecule has 9 heteroatoms. The van der Waals surface area contributed by atoms with E-state index in [1.807, 2.05) is 30.3 Å². The Morgan fingerprint density at radius 3 is 2.21 bits per heavy atom. The summed E-state index contributed by atoms with van der Waals surface area (Å²) >= 11 is 0. The maximum Gasteiger partial charge on any atom is 0.434 e. The number of methoxy groups -OCH3 is 1. The van der Waals surface area contributed by atoms with Crippen LogP contribution < -0.4 is 15.2 Å². The molecule has 1 heterocycles. The molecule has 0 saturated carbocycles. The van der Waals surface area contributed by atoms with E-state index >= 15 is 0 Å². The van der Waals surface area contributed by atoms with Crippen LogP contribution in [0.1, 0.15) is 11.3 Å². The first-order valence-electron chi connectivity index (χ1n) is 10.2. The number of nitrogens with two attached hydrogens (primary N) is 1. The molecule has 34 heavy (non-hydrogen) atoms. The third kappa shape index (κ3) is 4.88. The Morgan fingerprint density at radius 1 is 0.912 bits per heavy atom. The zero-order valence-corrected chi connectivity index (χ0v) is 18.0. The minimum atomic E-state index is -4.81. The van der Waals surface area contributed by atoms with Crippen LogP contribution in [-0.2, 0) is 12.8 Å².